The number of benzene rings is 2. The molecule has 6 nitrogen and oxygen atoms in total. The van der Waals surface area contributed by atoms with Crippen molar-refractivity contribution in [3.8, 4) is 0 Å². The van der Waals surface area contributed by atoms with Crippen molar-refractivity contribution in [2.24, 2.45) is 5.73 Å². The van der Waals surface area contributed by atoms with E-state index in [1.165, 1.54) is 0 Å². The zero-order valence-electron chi connectivity index (χ0n) is 15.4. The molecule has 0 bridgehead atoms. The first-order valence-electron chi connectivity index (χ1n) is 8.84. The second-order valence-corrected chi connectivity index (χ2v) is 5.94. The summed E-state index contributed by atoms with van der Waals surface area (Å²) < 4.78 is 16.1. The molecule has 0 aliphatic heterocycles. The maximum Gasteiger partial charge on any atom is 0.326 e. The molecule has 0 unspecified atom stereocenters. The van der Waals surface area contributed by atoms with Gasteiger partial charge in [0.15, 0.2) is 5.78 Å². The van der Waals surface area contributed by atoms with Crippen LogP contribution in [0, 0.1) is 0 Å². The van der Waals surface area contributed by atoms with Gasteiger partial charge in [0.1, 0.15) is 18.8 Å². The van der Waals surface area contributed by atoms with E-state index in [2.05, 4.69) is 0 Å². The molecule has 0 heterocycles. The standard InChI is InChI=1S/C21H25NO5/c1-2-26-21(24)19(22)20(27-14-17-11-7-4-8-12-17)18(23)15-25-13-16-9-5-3-6-10-16/h3-12,19-20H,2,13-15,22H2,1H3/t19-,20-/m0/s1. The van der Waals surface area contributed by atoms with E-state index in [1.54, 1.807) is 6.92 Å². The second kappa shape index (κ2) is 11.2. The number of hydrogen-bond donors (Lipinski definition) is 1. The highest BCUT2D eigenvalue weighted by Gasteiger charge is 2.32. The average Bonchev–Trinajstić information content (AvgIpc) is 2.70. The molecule has 0 saturated carbocycles. The number of nitrogens with two attached hydrogens (primary N) is 1. The summed E-state index contributed by atoms with van der Waals surface area (Å²) in [4.78, 5) is 24.5. The van der Waals surface area contributed by atoms with Gasteiger partial charge in [-0.05, 0) is 18.1 Å². The number of ether oxygens (including phenoxy) is 3. The van der Waals surface area contributed by atoms with E-state index in [0.29, 0.717) is 0 Å². The average molecular weight is 371 g/mol. The smallest absolute Gasteiger partial charge is 0.326 e. The molecule has 2 aromatic rings. The van der Waals surface area contributed by atoms with E-state index in [9.17, 15) is 9.59 Å². The van der Waals surface area contributed by atoms with Gasteiger partial charge >= 0.3 is 5.97 Å². The molecule has 0 fully saturated rings. The van der Waals surface area contributed by atoms with Crippen LogP contribution in [0.4, 0.5) is 0 Å². The van der Waals surface area contributed by atoms with Crippen molar-refractivity contribution < 1.29 is 23.8 Å². The first-order chi connectivity index (χ1) is 13.1. The SMILES string of the molecule is CCOC(=O)[C@@H](N)[C@@H](OCc1ccccc1)C(=O)COCc1ccccc1. The summed E-state index contributed by atoms with van der Waals surface area (Å²) in [5, 5.41) is 0. The van der Waals surface area contributed by atoms with Gasteiger partial charge in [-0.15, -0.1) is 0 Å². The summed E-state index contributed by atoms with van der Waals surface area (Å²) >= 11 is 0. The number of ketones is 1. The molecule has 0 saturated heterocycles. The third-order valence-electron chi connectivity index (χ3n) is 3.83. The Morgan fingerprint density at radius 3 is 2.04 bits per heavy atom. The fourth-order valence-corrected chi connectivity index (χ4v) is 2.45. The predicted molar refractivity (Wildman–Crippen MR) is 101 cm³/mol. The summed E-state index contributed by atoms with van der Waals surface area (Å²) in [5.74, 6) is -1.07. The van der Waals surface area contributed by atoms with E-state index in [-0.39, 0.29) is 26.4 Å². The molecule has 2 aromatic carbocycles. The summed E-state index contributed by atoms with van der Waals surface area (Å²) in [5.41, 5.74) is 7.74. The maximum atomic E-state index is 12.6. The lowest BCUT2D eigenvalue weighted by Gasteiger charge is -2.22. The minimum Gasteiger partial charge on any atom is -0.465 e. The third-order valence-corrected chi connectivity index (χ3v) is 3.83. The van der Waals surface area contributed by atoms with Crippen LogP contribution in [0.25, 0.3) is 0 Å². The molecule has 0 spiro atoms. The van der Waals surface area contributed by atoms with Crippen molar-refractivity contribution in [2.45, 2.75) is 32.3 Å². The molecule has 2 rings (SSSR count). The monoisotopic (exact) mass is 371 g/mol. The van der Waals surface area contributed by atoms with Crippen molar-refractivity contribution in [3.63, 3.8) is 0 Å². The normalized spacial score (nSPS) is 13.0. The zero-order valence-corrected chi connectivity index (χ0v) is 15.4. The lowest BCUT2D eigenvalue weighted by Crippen LogP contribution is -2.49. The van der Waals surface area contributed by atoms with Gasteiger partial charge in [-0.2, -0.15) is 0 Å². The van der Waals surface area contributed by atoms with Crippen LogP contribution in [0.5, 0.6) is 0 Å². The fourth-order valence-electron chi connectivity index (χ4n) is 2.45. The topological polar surface area (TPSA) is 87.9 Å². The number of carbonyl (C=O) groups excluding carboxylic acids is 2. The number of carbonyl (C=O) groups is 2. The van der Waals surface area contributed by atoms with Gasteiger partial charge in [-0.3, -0.25) is 9.59 Å². The quantitative estimate of drug-likeness (QED) is 0.610. The predicted octanol–water partition coefficient (Wildman–Crippen LogP) is 2.25. The Balaban J connectivity index is 1.96. The molecule has 0 amide bonds. The van der Waals surface area contributed by atoms with Gasteiger partial charge in [0.25, 0.3) is 0 Å². The molecule has 2 atom stereocenters. The van der Waals surface area contributed by atoms with Crippen LogP contribution >= 0.6 is 0 Å². The van der Waals surface area contributed by atoms with Gasteiger partial charge < -0.3 is 19.9 Å². The van der Waals surface area contributed by atoms with E-state index < -0.39 is 23.9 Å². The highest BCUT2D eigenvalue weighted by atomic mass is 16.5. The van der Waals surface area contributed by atoms with E-state index in [4.69, 9.17) is 19.9 Å². The molecule has 27 heavy (non-hydrogen) atoms. The highest BCUT2D eigenvalue weighted by Crippen LogP contribution is 2.09. The third kappa shape index (κ3) is 6.94. The van der Waals surface area contributed by atoms with Crippen LogP contribution in [0.15, 0.2) is 60.7 Å². The minimum absolute atomic E-state index is 0.156. The first kappa shape index (κ1) is 20.8. The molecule has 0 aromatic heterocycles. The summed E-state index contributed by atoms with van der Waals surface area (Å²) in [6.45, 7) is 2.09. The van der Waals surface area contributed by atoms with Gasteiger partial charge in [-0.1, -0.05) is 60.7 Å². The second-order valence-electron chi connectivity index (χ2n) is 5.94. The van der Waals surface area contributed by atoms with Crippen LogP contribution in [-0.4, -0.2) is 37.1 Å². The number of Topliss-reactive ketones (excluding diaryl/α,β-unsaturated/α-hetero) is 1. The van der Waals surface area contributed by atoms with Crippen molar-refractivity contribution in [2.75, 3.05) is 13.2 Å². The van der Waals surface area contributed by atoms with E-state index in [1.807, 2.05) is 60.7 Å². The Kier molecular flexibility index (Phi) is 8.64. The lowest BCUT2D eigenvalue weighted by molar-refractivity contribution is -0.154. The molecule has 0 aliphatic carbocycles. The number of hydrogen-bond acceptors (Lipinski definition) is 6. The van der Waals surface area contributed by atoms with Crippen LogP contribution in [0.1, 0.15) is 18.1 Å². The van der Waals surface area contributed by atoms with Crippen LogP contribution in [0.3, 0.4) is 0 Å². The van der Waals surface area contributed by atoms with Crippen molar-refractivity contribution in [1.29, 1.82) is 0 Å². The Morgan fingerprint density at radius 1 is 0.926 bits per heavy atom. The van der Waals surface area contributed by atoms with Gasteiger partial charge in [0.05, 0.1) is 19.8 Å². The molecular formula is C21H25NO5. The summed E-state index contributed by atoms with van der Waals surface area (Å²) in [7, 11) is 0. The number of rotatable bonds is 11. The molecule has 0 radical (unpaired) electrons. The number of esters is 1. The molecule has 144 valence electrons. The van der Waals surface area contributed by atoms with Crippen LogP contribution in [0.2, 0.25) is 0 Å². The Morgan fingerprint density at radius 2 is 1.48 bits per heavy atom. The zero-order chi connectivity index (χ0) is 19.5. The van der Waals surface area contributed by atoms with Crippen molar-refractivity contribution in [3.05, 3.63) is 71.8 Å². The maximum absolute atomic E-state index is 12.6. The summed E-state index contributed by atoms with van der Waals surface area (Å²) in [6, 6.07) is 17.6. The van der Waals surface area contributed by atoms with Crippen LogP contribution < -0.4 is 5.73 Å². The van der Waals surface area contributed by atoms with Crippen molar-refractivity contribution >= 4 is 11.8 Å². The first-order valence-corrected chi connectivity index (χ1v) is 8.84. The molecular weight excluding hydrogens is 346 g/mol. The van der Waals surface area contributed by atoms with E-state index >= 15 is 0 Å². The van der Waals surface area contributed by atoms with Gasteiger partial charge in [0, 0.05) is 0 Å². The van der Waals surface area contributed by atoms with Gasteiger partial charge in [-0.25, -0.2) is 0 Å². The largest absolute Gasteiger partial charge is 0.465 e. The van der Waals surface area contributed by atoms with E-state index in [0.717, 1.165) is 11.1 Å². The molecule has 6 heteroatoms. The van der Waals surface area contributed by atoms with Gasteiger partial charge in [0.2, 0.25) is 0 Å². The molecule has 0 aliphatic rings. The lowest BCUT2D eigenvalue weighted by atomic mass is 10.1. The minimum atomic E-state index is -1.21. The fraction of sp³-hybridized carbons (Fsp3) is 0.333. The highest BCUT2D eigenvalue weighted by molar-refractivity contribution is 5.91. The molecule has 2 N–H and O–H groups in total. The summed E-state index contributed by atoms with van der Waals surface area (Å²) in [6.07, 6.45) is -1.14. The van der Waals surface area contributed by atoms with Crippen LogP contribution in [-0.2, 0) is 37.0 Å². The Labute approximate surface area is 159 Å². The Hall–Kier alpha value is -2.54. The Bertz CT molecular complexity index is 705. The van der Waals surface area contributed by atoms with Crippen molar-refractivity contribution in [1.82, 2.24) is 0 Å².